The van der Waals surface area contributed by atoms with Crippen molar-refractivity contribution < 1.29 is 14.0 Å². The standard InChI is InChI=1S/C15H20FN3O2/c1-2-3-7-17-15(21)18-12-9-14(20)19(10-12)13-6-4-5-11(16)8-13/h4-6,8,12H,2-3,7,9-10H2,1H3,(H2,17,18,21)/t12-/m0/s1. The summed E-state index contributed by atoms with van der Waals surface area (Å²) in [5.74, 6) is -0.492. The molecular weight excluding hydrogens is 273 g/mol. The van der Waals surface area contributed by atoms with Crippen LogP contribution in [-0.2, 0) is 4.79 Å². The molecule has 0 unspecified atom stereocenters. The van der Waals surface area contributed by atoms with Crippen LogP contribution in [0.25, 0.3) is 0 Å². The number of rotatable bonds is 5. The first-order chi connectivity index (χ1) is 10.1. The maximum atomic E-state index is 13.2. The molecule has 21 heavy (non-hydrogen) atoms. The normalized spacial score (nSPS) is 17.9. The van der Waals surface area contributed by atoms with Crippen LogP contribution < -0.4 is 15.5 Å². The van der Waals surface area contributed by atoms with E-state index in [2.05, 4.69) is 10.6 Å². The highest BCUT2D eigenvalue weighted by Gasteiger charge is 2.31. The first-order valence-electron chi connectivity index (χ1n) is 7.20. The number of hydrogen-bond acceptors (Lipinski definition) is 2. The quantitative estimate of drug-likeness (QED) is 0.816. The number of amides is 3. The van der Waals surface area contributed by atoms with Crippen molar-refractivity contribution in [2.75, 3.05) is 18.0 Å². The third-order valence-electron chi connectivity index (χ3n) is 3.40. The van der Waals surface area contributed by atoms with Gasteiger partial charge in [-0.15, -0.1) is 0 Å². The summed E-state index contributed by atoms with van der Waals surface area (Å²) in [4.78, 5) is 25.1. The summed E-state index contributed by atoms with van der Waals surface area (Å²) < 4.78 is 13.2. The summed E-state index contributed by atoms with van der Waals surface area (Å²) in [7, 11) is 0. The Morgan fingerprint density at radius 2 is 2.29 bits per heavy atom. The predicted molar refractivity (Wildman–Crippen MR) is 78.6 cm³/mol. The van der Waals surface area contributed by atoms with E-state index >= 15 is 0 Å². The summed E-state index contributed by atoms with van der Waals surface area (Å²) >= 11 is 0. The van der Waals surface area contributed by atoms with Crippen LogP contribution in [0.1, 0.15) is 26.2 Å². The second-order valence-corrected chi connectivity index (χ2v) is 5.14. The molecule has 1 aliphatic heterocycles. The fraction of sp³-hybridized carbons (Fsp3) is 0.467. The monoisotopic (exact) mass is 293 g/mol. The molecule has 6 heteroatoms. The van der Waals surface area contributed by atoms with Crippen LogP contribution >= 0.6 is 0 Å². The summed E-state index contributed by atoms with van der Waals surface area (Å²) in [6.45, 7) is 3.03. The number of nitrogens with zero attached hydrogens (tertiary/aromatic N) is 1. The van der Waals surface area contributed by atoms with Crippen LogP contribution in [0, 0.1) is 5.82 Å². The second-order valence-electron chi connectivity index (χ2n) is 5.14. The van der Waals surface area contributed by atoms with Gasteiger partial charge in [0, 0.05) is 25.2 Å². The van der Waals surface area contributed by atoms with Crippen molar-refractivity contribution >= 4 is 17.6 Å². The van der Waals surface area contributed by atoms with Gasteiger partial charge < -0.3 is 15.5 Å². The molecule has 0 aliphatic carbocycles. The molecule has 114 valence electrons. The van der Waals surface area contributed by atoms with E-state index < -0.39 is 0 Å². The van der Waals surface area contributed by atoms with E-state index in [4.69, 9.17) is 0 Å². The van der Waals surface area contributed by atoms with Crippen LogP contribution in [0.15, 0.2) is 24.3 Å². The highest BCUT2D eigenvalue weighted by atomic mass is 19.1. The first-order valence-corrected chi connectivity index (χ1v) is 7.20. The number of urea groups is 1. The van der Waals surface area contributed by atoms with Gasteiger partial charge in [0.05, 0.1) is 6.04 Å². The van der Waals surface area contributed by atoms with E-state index in [0.29, 0.717) is 18.8 Å². The Morgan fingerprint density at radius 1 is 1.48 bits per heavy atom. The van der Waals surface area contributed by atoms with Crippen molar-refractivity contribution in [1.82, 2.24) is 10.6 Å². The molecule has 2 rings (SSSR count). The molecule has 1 aromatic carbocycles. The smallest absolute Gasteiger partial charge is 0.315 e. The van der Waals surface area contributed by atoms with Gasteiger partial charge in [-0.05, 0) is 24.6 Å². The van der Waals surface area contributed by atoms with Gasteiger partial charge in [-0.3, -0.25) is 4.79 Å². The van der Waals surface area contributed by atoms with Gasteiger partial charge in [-0.2, -0.15) is 0 Å². The highest BCUT2D eigenvalue weighted by Crippen LogP contribution is 2.22. The topological polar surface area (TPSA) is 61.4 Å². The molecule has 0 aromatic heterocycles. The van der Waals surface area contributed by atoms with Crippen LogP contribution in [0.3, 0.4) is 0 Å². The molecule has 0 saturated carbocycles. The van der Waals surface area contributed by atoms with Gasteiger partial charge in [-0.1, -0.05) is 19.4 Å². The minimum atomic E-state index is -0.381. The number of nitrogens with one attached hydrogen (secondary N) is 2. The number of hydrogen-bond donors (Lipinski definition) is 2. The average molecular weight is 293 g/mol. The first kappa shape index (κ1) is 15.3. The number of carbonyl (C=O) groups excluding carboxylic acids is 2. The highest BCUT2D eigenvalue weighted by molar-refractivity contribution is 5.96. The zero-order valence-electron chi connectivity index (χ0n) is 12.1. The van der Waals surface area contributed by atoms with Crippen molar-refractivity contribution in [2.24, 2.45) is 0 Å². The number of anilines is 1. The van der Waals surface area contributed by atoms with Crippen molar-refractivity contribution in [3.05, 3.63) is 30.1 Å². The Morgan fingerprint density at radius 3 is 3.00 bits per heavy atom. The van der Waals surface area contributed by atoms with E-state index in [1.165, 1.54) is 17.0 Å². The largest absolute Gasteiger partial charge is 0.338 e. The summed E-state index contributed by atoms with van der Waals surface area (Å²) in [6, 6.07) is 5.40. The van der Waals surface area contributed by atoms with E-state index in [1.54, 1.807) is 12.1 Å². The molecular formula is C15H20FN3O2. The molecule has 0 spiro atoms. The number of carbonyl (C=O) groups is 2. The van der Waals surface area contributed by atoms with E-state index in [9.17, 15) is 14.0 Å². The van der Waals surface area contributed by atoms with Crippen LogP contribution in [0.2, 0.25) is 0 Å². The minimum absolute atomic E-state index is 0.112. The van der Waals surface area contributed by atoms with E-state index in [1.807, 2.05) is 6.92 Å². The Kier molecular flexibility index (Phi) is 5.14. The molecule has 1 heterocycles. The Labute approximate surface area is 123 Å². The molecule has 3 amide bonds. The fourth-order valence-corrected chi connectivity index (χ4v) is 2.31. The lowest BCUT2D eigenvalue weighted by Gasteiger charge is -2.17. The van der Waals surface area contributed by atoms with Gasteiger partial charge in [-0.25, -0.2) is 9.18 Å². The molecule has 1 aromatic rings. The third kappa shape index (κ3) is 4.18. The Hall–Kier alpha value is -2.11. The molecule has 5 nitrogen and oxygen atoms in total. The van der Waals surface area contributed by atoms with Gasteiger partial charge in [0.15, 0.2) is 0 Å². The zero-order valence-corrected chi connectivity index (χ0v) is 12.1. The lowest BCUT2D eigenvalue weighted by atomic mass is 10.2. The lowest BCUT2D eigenvalue weighted by Crippen LogP contribution is -2.43. The molecule has 1 fully saturated rings. The number of benzene rings is 1. The van der Waals surface area contributed by atoms with Gasteiger partial charge >= 0.3 is 6.03 Å². The van der Waals surface area contributed by atoms with Crippen molar-refractivity contribution in [1.29, 1.82) is 0 Å². The molecule has 0 bridgehead atoms. The zero-order chi connectivity index (χ0) is 15.2. The maximum absolute atomic E-state index is 13.2. The third-order valence-corrected chi connectivity index (χ3v) is 3.40. The van der Waals surface area contributed by atoms with Crippen LogP contribution in [0.5, 0.6) is 0 Å². The van der Waals surface area contributed by atoms with Gasteiger partial charge in [0.2, 0.25) is 5.91 Å². The fourth-order valence-electron chi connectivity index (χ4n) is 2.31. The molecule has 2 N–H and O–H groups in total. The predicted octanol–water partition coefficient (Wildman–Crippen LogP) is 2.03. The van der Waals surface area contributed by atoms with Crippen molar-refractivity contribution in [2.45, 2.75) is 32.2 Å². The van der Waals surface area contributed by atoms with Gasteiger partial charge in [0.1, 0.15) is 5.82 Å². The Bertz CT molecular complexity index is 521. The second kappa shape index (κ2) is 7.06. The molecule has 0 radical (unpaired) electrons. The van der Waals surface area contributed by atoms with E-state index in [-0.39, 0.29) is 30.2 Å². The minimum Gasteiger partial charge on any atom is -0.338 e. The summed E-state index contributed by atoms with van der Waals surface area (Å²) in [5.41, 5.74) is 0.524. The summed E-state index contributed by atoms with van der Waals surface area (Å²) in [5, 5.41) is 5.53. The van der Waals surface area contributed by atoms with Crippen LogP contribution in [-0.4, -0.2) is 31.1 Å². The maximum Gasteiger partial charge on any atom is 0.315 e. The SMILES string of the molecule is CCCCNC(=O)N[C@H]1CC(=O)N(c2cccc(F)c2)C1. The lowest BCUT2D eigenvalue weighted by molar-refractivity contribution is -0.117. The Balaban J connectivity index is 1.89. The molecule has 1 saturated heterocycles. The van der Waals surface area contributed by atoms with Crippen LogP contribution in [0.4, 0.5) is 14.9 Å². The number of unbranched alkanes of at least 4 members (excludes halogenated alkanes) is 1. The number of halogens is 1. The average Bonchev–Trinajstić information content (AvgIpc) is 2.80. The molecule has 1 atom stereocenters. The molecule has 1 aliphatic rings. The summed E-state index contributed by atoms with van der Waals surface area (Å²) in [6.07, 6.45) is 2.17. The van der Waals surface area contributed by atoms with Gasteiger partial charge in [0.25, 0.3) is 0 Å². The van der Waals surface area contributed by atoms with Crippen molar-refractivity contribution in [3.63, 3.8) is 0 Å². The van der Waals surface area contributed by atoms with E-state index in [0.717, 1.165) is 12.8 Å². The van der Waals surface area contributed by atoms with Crippen molar-refractivity contribution in [3.8, 4) is 0 Å².